The van der Waals surface area contributed by atoms with Crippen LogP contribution in [0.2, 0.25) is 0 Å². The highest BCUT2D eigenvalue weighted by molar-refractivity contribution is 7.92. The van der Waals surface area contributed by atoms with Crippen molar-refractivity contribution in [1.82, 2.24) is 5.32 Å². The summed E-state index contributed by atoms with van der Waals surface area (Å²) in [6, 6.07) is 11.7. The number of sulfonamides is 1. The molecule has 7 heteroatoms. The molecule has 1 aliphatic carbocycles. The first-order chi connectivity index (χ1) is 14.8. The van der Waals surface area contributed by atoms with Gasteiger partial charge in [-0.2, -0.15) is 0 Å². The Hall–Kier alpha value is -2.54. The van der Waals surface area contributed by atoms with E-state index in [1.807, 2.05) is 19.9 Å². The molecule has 0 spiro atoms. The lowest BCUT2D eigenvalue weighted by atomic mass is 9.88. The zero-order valence-corrected chi connectivity index (χ0v) is 19.2. The third kappa shape index (κ3) is 4.56. The second-order valence-corrected chi connectivity index (χ2v) is 10.5. The van der Waals surface area contributed by atoms with Crippen molar-refractivity contribution in [2.24, 2.45) is 0 Å². The highest BCUT2D eigenvalue weighted by Gasteiger charge is 2.35. The second-order valence-electron chi connectivity index (χ2n) is 8.58. The van der Waals surface area contributed by atoms with Crippen LogP contribution in [0.15, 0.2) is 36.4 Å². The number of nitrogens with one attached hydrogen (secondary N) is 1. The summed E-state index contributed by atoms with van der Waals surface area (Å²) in [5.74, 6) is 0.105. The van der Waals surface area contributed by atoms with Gasteiger partial charge in [-0.3, -0.25) is 9.10 Å². The van der Waals surface area contributed by atoms with Crippen LogP contribution in [0.3, 0.4) is 0 Å². The Bertz CT molecular complexity index is 1100. The molecule has 0 bridgehead atoms. The van der Waals surface area contributed by atoms with Crippen molar-refractivity contribution in [3.8, 4) is 5.75 Å². The van der Waals surface area contributed by atoms with Crippen LogP contribution < -0.4 is 14.4 Å². The number of ether oxygens (including phenoxy) is 1. The smallest absolute Gasteiger partial charge is 0.263 e. The van der Waals surface area contributed by atoms with Crippen LogP contribution >= 0.6 is 0 Å². The van der Waals surface area contributed by atoms with Crippen LogP contribution in [0.25, 0.3) is 0 Å². The van der Waals surface area contributed by atoms with E-state index in [-0.39, 0.29) is 18.5 Å². The summed E-state index contributed by atoms with van der Waals surface area (Å²) < 4.78 is 32.0. The van der Waals surface area contributed by atoms with Gasteiger partial charge in [0.1, 0.15) is 5.75 Å². The van der Waals surface area contributed by atoms with Gasteiger partial charge in [-0.15, -0.1) is 0 Å². The van der Waals surface area contributed by atoms with Crippen LogP contribution in [0.5, 0.6) is 5.75 Å². The quantitative estimate of drug-likeness (QED) is 0.767. The molecule has 31 heavy (non-hydrogen) atoms. The number of hydrogen-bond donors (Lipinski definition) is 1. The van der Waals surface area contributed by atoms with Gasteiger partial charge in [0.2, 0.25) is 10.0 Å². The summed E-state index contributed by atoms with van der Waals surface area (Å²) in [5, 5.41) is 3.09. The lowest BCUT2D eigenvalue weighted by Gasteiger charge is -2.34. The predicted octanol–water partition coefficient (Wildman–Crippen LogP) is 3.67. The minimum Gasteiger partial charge on any atom is -0.476 e. The standard InChI is InChI=1S/C24H30N2O4S/c1-4-20(19-11-10-17-7-5-6-8-18(17)14-19)25-24(27)23-15-26(31(3,28)29)21-13-16(2)9-12-22(21)30-23/h9-14,20,23H,4-8,15H2,1-3H3,(H,25,27)/t20-,23-/m0/s1. The van der Waals surface area contributed by atoms with Gasteiger partial charge in [-0.1, -0.05) is 31.2 Å². The van der Waals surface area contributed by atoms with Crippen LogP contribution in [0.1, 0.15) is 54.5 Å². The number of aryl methyl sites for hydroxylation is 3. The molecule has 0 saturated heterocycles. The second kappa shape index (κ2) is 8.54. The summed E-state index contributed by atoms with van der Waals surface area (Å²) in [6.45, 7) is 3.89. The number of carbonyl (C=O) groups excluding carboxylic acids is 1. The van der Waals surface area contributed by atoms with Crippen molar-refractivity contribution < 1.29 is 17.9 Å². The van der Waals surface area contributed by atoms with E-state index in [0.29, 0.717) is 11.4 Å². The first-order valence-corrected chi connectivity index (χ1v) is 12.8. The highest BCUT2D eigenvalue weighted by Crippen LogP contribution is 2.36. The molecule has 0 saturated carbocycles. The van der Waals surface area contributed by atoms with Crippen LogP contribution in [0, 0.1) is 6.92 Å². The molecule has 1 amide bonds. The van der Waals surface area contributed by atoms with E-state index in [2.05, 4.69) is 23.5 Å². The maximum atomic E-state index is 13.1. The maximum Gasteiger partial charge on any atom is 0.263 e. The van der Waals surface area contributed by atoms with Crippen molar-refractivity contribution in [3.05, 3.63) is 58.7 Å². The van der Waals surface area contributed by atoms with Gasteiger partial charge >= 0.3 is 0 Å². The molecule has 2 aromatic rings. The molecule has 1 heterocycles. The number of hydrogen-bond acceptors (Lipinski definition) is 4. The lowest BCUT2D eigenvalue weighted by molar-refractivity contribution is -0.128. The molecule has 2 aromatic carbocycles. The fourth-order valence-corrected chi connectivity index (χ4v) is 5.37. The van der Waals surface area contributed by atoms with Gasteiger partial charge in [-0.05, 0) is 73.4 Å². The van der Waals surface area contributed by atoms with E-state index in [1.165, 1.54) is 28.3 Å². The van der Waals surface area contributed by atoms with Gasteiger partial charge in [0, 0.05) is 0 Å². The zero-order chi connectivity index (χ0) is 22.2. The fraction of sp³-hybridized carbons (Fsp3) is 0.458. The zero-order valence-electron chi connectivity index (χ0n) is 18.3. The number of fused-ring (bicyclic) bond motifs is 2. The molecule has 0 aromatic heterocycles. The van der Waals surface area contributed by atoms with Crippen LogP contribution in [0.4, 0.5) is 5.69 Å². The Kier molecular flexibility index (Phi) is 5.97. The van der Waals surface area contributed by atoms with E-state index >= 15 is 0 Å². The van der Waals surface area contributed by atoms with Crippen molar-refractivity contribution in [2.45, 2.75) is 58.1 Å². The topological polar surface area (TPSA) is 75.7 Å². The van der Waals surface area contributed by atoms with E-state index in [9.17, 15) is 13.2 Å². The Morgan fingerprint density at radius 3 is 2.61 bits per heavy atom. The Morgan fingerprint density at radius 1 is 1.16 bits per heavy atom. The van der Waals surface area contributed by atoms with Gasteiger partial charge < -0.3 is 10.1 Å². The summed E-state index contributed by atoms with van der Waals surface area (Å²) in [6.07, 6.45) is 5.63. The molecule has 166 valence electrons. The fourth-order valence-electron chi connectivity index (χ4n) is 4.47. The molecule has 4 rings (SSSR count). The monoisotopic (exact) mass is 442 g/mol. The minimum absolute atomic E-state index is 0.0399. The molecule has 2 aliphatic rings. The normalized spacial score (nSPS) is 19.1. The first-order valence-electron chi connectivity index (χ1n) is 10.9. The first kappa shape index (κ1) is 21.7. The third-order valence-corrected chi connectivity index (χ3v) is 7.32. The van der Waals surface area contributed by atoms with Crippen LogP contribution in [-0.4, -0.2) is 33.2 Å². The molecule has 0 radical (unpaired) electrons. The SMILES string of the molecule is CC[C@H](NC(=O)[C@@H]1CN(S(C)(=O)=O)c2cc(C)ccc2O1)c1ccc2c(c1)CCCC2. The average Bonchev–Trinajstić information content (AvgIpc) is 2.75. The highest BCUT2D eigenvalue weighted by atomic mass is 32.2. The summed E-state index contributed by atoms with van der Waals surface area (Å²) in [7, 11) is -3.55. The van der Waals surface area contributed by atoms with Gasteiger partial charge in [0.25, 0.3) is 5.91 Å². The van der Waals surface area contributed by atoms with E-state index in [1.54, 1.807) is 12.1 Å². The summed E-state index contributed by atoms with van der Waals surface area (Å²) in [4.78, 5) is 13.1. The van der Waals surface area contributed by atoms with Gasteiger partial charge in [-0.25, -0.2) is 8.42 Å². The van der Waals surface area contributed by atoms with E-state index < -0.39 is 16.1 Å². The number of anilines is 1. The molecule has 1 aliphatic heterocycles. The predicted molar refractivity (Wildman–Crippen MR) is 122 cm³/mol. The van der Waals surface area contributed by atoms with Gasteiger partial charge in [0.05, 0.1) is 24.5 Å². The Labute approximate surface area is 184 Å². The van der Waals surface area contributed by atoms with Crippen LogP contribution in [-0.2, 0) is 27.7 Å². The third-order valence-electron chi connectivity index (χ3n) is 6.18. The van der Waals surface area contributed by atoms with E-state index in [4.69, 9.17) is 4.74 Å². The van der Waals surface area contributed by atoms with Crippen molar-refractivity contribution in [3.63, 3.8) is 0 Å². The Morgan fingerprint density at radius 2 is 1.90 bits per heavy atom. The molecule has 0 unspecified atom stereocenters. The van der Waals surface area contributed by atoms with Crippen molar-refractivity contribution in [1.29, 1.82) is 0 Å². The lowest BCUT2D eigenvalue weighted by Crippen LogP contribution is -2.51. The minimum atomic E-state index is -3.55. The number of amides is 1. The number of carbonyl (C=O) groups is 1. The van der Waals surface area contributed by atoms with Crippen molar-refractivity contribution >= 4 is 21.6 Å². The van der Waals surface area contributed by atoms with Crippen molar-refractivity contribution in [2.75, 3.05) is 17.1 Å². The molecule has 6 nitrogen and oxygen atoms in total. The number of nitrogens with zero attached hydrogens (tertiary/aromatic N) is 1. The molecule has 2 atom stereocenters. The number of benzene rings is 2. The van der Waals surface area contributed by atoms with E-state index in [0.717, 1.165) is 36.6 Å². The summed E-state index contributed by atoms with van der Waals surface area (Å²) >= 11 is 0. The number of rotatable bonds is 5. The maximum absolute atomic E-state index is 13.1. The molecular weight excluding hydrogens is 412 g/mol. The largest absolute Gasteiger partial charge is 0.476 e. The molecular formula is C24H30N2O4S. The average molecular weight is 443 g/mol. The molecule has 1 N–H and O–H groups in total. The van der Waals surface area contributed by atoms with Gasteiger partial charge in [0.15, 0.2) is 6.10 Å². The Balaban J connectivity index is 1.55. The summed E-state index contributed by atoms with van der Waals surface area (Å²) in [5.41, 5.74) is 5.27. The molecule has 0 fully saturated rings.